The lowest BCUT2D eigenvalue weighted by atomic mass is 9.99. The predicted molar refractivity (Wildman–Crippen MR) is 89.5 cm³/mol. The van der Waals surface area contributed by atoms with Gasteiger partial charge in [0.25, 0.3) is 0 Å². The second-order valence-electron chi connectivity index (χ2n) is 8.87. The van der Waals surface area contributed by atoms with Crippen LogP contribution in [0.4, 0.5) is 4.79 Å². The Kier molecular flexibility index (Phi) is 3.79. The highest BCUT2D eigenvalue weighted by Crippen LogP contribution is 2.47. The van der Waals surface area contributed by atoms with Crippen molar-refractivity contribution >= 4 is 12.0 Å². The van der Waals surface area contributed by atoms with E-state index in [4.69, 9.17) is 4.74 Å². The summed E-state index contributed by atoms with van der Waals surface area (Å²) < 4.78 is 5.46. The van der Waals surface area contributed by atoms with Gasteiger partial charge in [-0.2, -0.15) is 0 Å². The van der Waals surface area contributed by atoms with E-state index >= 15 is 0 Å². The zero-order valence-electron chi connectivity index (χ0n) is 15.0. The molecule has 1 N–H and O–H groups in total. The molecular weight excluding hydrogens is 306 g/mol. The molecule has 2 amide bonds. The van der Waals surface area contributed by atoms with Crippen molar-refractivity contribution in [3.05, 3.63) is 0 Å². The van der Waals surface area contributed by atoms with Crippen LogP contribution >= 0.6 is 0 Å². The molecule has 0 radical (unpaired) electrons. The first-order valence-electron chi connectivity index (χ1n) is 9.37. The molecule has 4 unspecified atom stereocenters. The van der Waals surface area contributed by atoms with Gasteiger partial charge in [0, 0.05) is 44.2 Å². The number of piperidine rings is 2. The molecule has 0 aromatic rings. The summed E-state index contributed by atoms with van der Waals surface area (Å²) in [6, 6.07) is 1.18. The minimum Gasteiger partial charge on any atom is -0.444 e. The molecule has 3 heterocycles. The van der Waals surface area contributed by atoms with Crippen molar-refractivity contribution in [1.82, 2.24) is 15.1 Å². The average molecular weight is 335 g/mol. The first-order chi connectivity index (χ1) is 11.3. The molecule has 4 atom stereocenters. The summed E-state index contributed by atoms with van der Waals surface area (Å²) >= 11 is 0. The van der Waals surface area contributed by atoms with Crippen LogP contribution in [0.1, 0.15) is 46.5 Å². The van der Waals surface area contributed by atoms with Crippen LogP contribution in [0.2, 0.25) is 0 Å². The number of nitrogens with zero attached hydrogens (tertiary/aromatic N) is 2. The van der Waals surface area contributed by atoms with Crippen molar-refractivity contribution in [2.75, 3.05) is 19.6 Å². The van der Waals surface area contributed by atoms with Crippen LogP contribution in [0.15, 0.2) is 0 Å². The van der Waals surface area contributed by atoms with E-state index in [1.807, 2.05) is 25.7 Å². The van der Waals surface area contributed by atoms with Crippen molar-refractivity contribution in [2.45, 2.75) is 70.2 Å². The van der Waals surface area contributed by atoms with Crippen molar-refractivity contribution in [1.29, 1.82) is 0 Å². The Bertz CT molecular complexity index is 532. The fourth-order valence-electron chi connectivity index (χ4n) is 4.79. The third-order valence-corrected chi connectivity index (χ3v) is 5.98. The van der Waals surface area contributed by atoms with Crippen molar-refractivity contribution in [2.24, 2.45) is 11.8 Å². The number of hydrogen-bond donors (Lipinski definition) is 1. The Morgan fingerprint density at radius 1 is 1.21 bits per heavy atom. The first kappa shape index (κ1) is 16.2. The summed E-state index contributed by atoms with van der Waals surface area (Å²) in [5.74, 6) is 1.38. The van der Waals surface area contributed by atoms with E-state index in [9.17, 15) is 9.59 Å². The third kappa shape index (κ3) is 2.89. The molecular formula is C18H29N3O3. The minimum atomic E-state index is -0.434. The van der Waals surface area contributed by atoms with Gasteiger partial charge in [0.05, 0.1) is 0 Å². The van der Waals surface area contributed by atoms with E-state index in [1.165, 1.54) is 6.42 Å². The Morgan fingerprint density at radius 3 is 2.58 bits per heavy atom. The summed E-state index contributed by atoms with van der Waals surface area (Å²) in [5, 5.41) is 3.75. The molecule has 24 heavy (non-hydrogen) atoms. The molecule has 0 bridgehead atoms. The first-order valence-corrected chi connectivity index (χ1v) is 9.37. The molecule has 0 aromatic heterocycles. The summed E-state index contributed by atoms with van der Waals surface area (Å²) in [7, 11) is 0. The van der Waals surface area contributed by atoms with Crippen molar-refractivity contribution in [3.8, 4) is 0 Å². The number of carbonyl (C=O) groups is 2. The second-order valence-corrected chi connectivity index (χ2v) is 8.87. The van der Waals surface area contributed by atoms with E-state index in [1.54, 1.807) is 0 Å². The topological polar surface area (TPSA) is 61.9 Å². The summed E-state index contributed by atoms with van der Waals surface area (Å²) in [4.78, 5) is 28.2. The number of fused-ring (bicyclic) bond motifs is 2. The molecule has 4 fully saturated rings. The molecule has 6 nitrogen and oxygen atoms in total. The largest absolute Gasteiger partial charge is 0.444 e. The lowest BCUT2D eigenvalue weighted by molar-refractivity contribution is -0.129. The minimum absolute atomic E-state index is 0.192. The lowest BCUT2D eigenvalue weighted by Gasteiger charge is -2.33. The van der Waals surface area contributed by atoms with E-state index in [0.717, 1.165) is 32.5 Å². The van der Waals surface area contributed by atoms with Gasteiger partial charge in [-0.15, -0.1) is 0 Å². The van der Waals surface area contributed by atoms with Crippen molar-refractivity contribution < 1.29 is 14.3 Å². The SMILES string of the molecule is CC(C)(C)OC(=O)N1CC2C(C1)C2NC1CC(=O)N2CCCCC12. The van der Waals surface area contributed by atoms with Crippen molar-refractivity contribution in [3.63, 3.8) is 0 Å². The van der Waals surface area contributed by atoms with E-state index in [0.29, 0.717) is 42.3 Å². The van der Waals surface area contributed by atoms with E-state index < -0.39 is 5.60 Å². The maximum Gasteiger partial charge on any atom is 0.410 e. The standard InChI is InChI=1S/C18H29N3O3/c1-18(2,3)24-17(23)20-9-11-12(10-20)16(11)19-13-8-15(22)21-7-5-4-6-14(13)21/h11-14,16,19H,4-10H2,1-3H3. The molecule has 6 heteroatoms. The molecule has 4 aliphatic rings. The molecule has 3 saturated heterocycles. The number of likely N-dealkylation sites (tertiary alicyclic amines) is 1. The Balaban J connectivity index is 1.28. The van der Waals surface area contributed by atoms with Crippen LogP contribution < -0.4 is 5.32 Å². The number of amides is 2. The van der Waals surface area contributed by atoms with Gasteiger partial charge in [-0.25, -0.2) is 4.79 Å². The Hall–Kier alpha value is -1.30. The number of rotatable bonds is 2. The lowest BCUT2D eigenvalue weighted by Crippen LogP contribution is -2.48. The van der Waals surface area contributed by atoms with Gasteiger partial charge in [0.2, 0.25) is 5.91 Å². The Morgan fingerprint density at radius 2 is 1.92 bits per heavy atom. The highest BCUT2D eigenvalue weighted by Gasteiger charge is 2.58. The van der Waals surface area contributed by atoms with E-state index in [2.05, 4.69) is 10.2 Å². The van der Waals surface area contributed by atoms with Crippen LogP contribution in [-0.4, -0.2) is 65.2 Å². The van der Waals surface area contributed by atoms with Gasteiger partial charge in [-0.05, 0) is 51.9 Å². The zero-order valence-corrected chi connectivity index (χ0v) is 15.0. The third-order valence-electron chi connectivity index (χ3n) is 5.98. The van der Waals surface area contributed by atoms with Crippen LogP contribution in [-0.2, 0) is 9.53 Å². The smallest absolute Gasteiger partial charge is 0.410 e. The van der Waals surface area contributed by atoms with Gasteiger partial charge in [-0.3, -0.25) is 4.79 Å². The quantitative estimate of drug-likeness (QED) is 0.832. The van der Waals surface area contributed by atoms with Crippen LogP contribution in [0.3, 0.4) is 0 Å². The summed E-state index contributed by atoms with van der Waals surface area (Å²) in [5.41, 5.74) is -0.434. The van der Waals surface area contributed by atoms with Gasteiger partial charge >= 0.3 is 6.09 Å². The highest BCUT2D eigenvalue weighted by atomic mass is 16.6. The maximum atomic E-state index is 12.2. The molecule has 134 valence electrons. The molecule has 1 aliphatic carbocycles. The zero-order chi connectivity index (χ0) is 17.1. The monoisotopic (exact) mass is 335 g/mol. The number of carbonyl (C=O) groups excluding carboxylic acids is 2. The molecule has 0 aromatic carbocycles. The Labute approximate surface area is 143 Å². The number of ether oxygens (including phenoxy) is 1. The van der Waals surface area contributed by atoms with Gasteiger partial charge in [-0.1, -0.05) is 0 Å². The highest BCUT2D eigenvalue weighted by molar-refractivity contribution is 5.80. The average Bonchev–Trinajstić information content (AvgIpc) is 2.85. The normalized spacial score (nSPS) is 38.1. The predicted octanol–water partition coefficient (Wildman–Crippen LogP) is 1.59. The molecule has 4 rings (SSSR count). The second kappa shape index (κ2) is 5.61. The van der Waals surface area contributed by atoms with Gasteiger partial charge < -0.3 is 19.9 Å². The number of hydrogen-bond acceptors (Lipinski definition) is 4. The van der Waals surface area contributed by atoms with Gasteiger partial charge in [0.1, 0.15) is 5.60 Å². The fraction of sp³-hybridized carbons (Fsp3) is 0.889. The molecule has 3 aliphatic heterocycles. The van der Waals surface area contributed by atoms with Crippen LogP contribution in [0.5, 0.6) is 0 Å². The summed E-state index contributed by atoms with van der Waals surface area (Å²) in [6.07, 6.45) is 3.97. The maximum absolute atomic E-state index is 12.2. The molecule has 1 saturated carbocycles. The molecule has 0 spiro atoms. The van der Waals surface area contributed by atoms with Crippen LogP contribution in [0.25, 0.3) is 0 Å². The fourth-order valence-corrected chi connectivity index (χ4v) is 4.79. The van der Waals surface area contributed by atoms with E-state index in [-0.39, 0.29) is 6.09 Å². The van der Waals surface area contributed by atoms with Crippen LogP contribution in [0, 0.1) is 11.8 Å². The van der Waals surface area contributed by atoms with Gasteiger partial charge in [0.15, 0.2) is 0 Å². The number of nitrogens with one attached hydrogen (secondary N) is 1. The summed E-state index contributed by atoms with van der Waals surface area (Å²) in [6.45, 7) is 8.21.